The molecule has 0 saturated carbocycles. The quantitative estimate of drug-likeness (QED) is 0.253. The van der Waals surface area contributed by atoms with Crippen molar-refractivity contribution < 1.29 is 14.8 Å². The number of hydrogen-bond acceptors (Lipinski definition) is 7. The van der Waals surface area contributed by atoms with Gasteiger partial charge in [-0.05, 0) is 18.9 Å². The smallest absolute Gasteiger partial charge is 0.243 e. The average Bonchev–Trinajstić information content (AvgIpc) is 2.42. The number of hydrogen-bond donors (Lipinski definition) is 5. The number of rotatable bonds is 7. The number of unbranched alkanes of at least 4 members (excludes halogenated alkanes) is 1. The second kappa shape index (κ2) is 8.02. The number of nitrogens with two attached hydrogens (primary N) is 2. The second-order valence-corrected chi connectivity index (χ2v) is 4.18. The first-order valence-corrected chi connectivity index (χ1v) is 6.11. The highest BCUT2D eigenvalue weighted by Gasteiger charge is 2.14. The molecule has 20 heavy (non-hydrogen) atoms. The Morgan fingerprint density at radius 1 is 1.40 bits per heavy atom. The zero-order chi connectivity index (χ0) is 15.0. The van der Waals surface area contributed by atoms with Gasteiger partial charge < -0.3 is 11.5 Å². The van der Waals surface area contributed by atoms with Crippen LogP contribution in [0.5, 0.6) is 0 Å². The summed E-state index contributed by atoms with van der Waals surface area (Å²) in [5.74, 6) is -0.526. The molecule has 0 aliphatic rings. The van der Waals surface area contributed by atoms with Gasteiger partial charge in [-0.1, -0.05) is 6.42 Å². The molecule has 0 saturated heterocycles. The zero-order valence-electron chi connectivity index (χ0n) is 10.9. The van der Waals surface area contributed by atoms with E-state index in [-0.39, 0.29) is 18.2 Å². The van der Waals surface area contributed by atoms with E-state index >= 15 is 0 Å². The van der Waals surface area contributed by atoms with E-state index in [0.717, 1.165) is 0 Å². The van der Waals surface area contributed by atoms with Gasteiger partial charge in [0.15, 0.2) is 0 Å². The molecule has 0 aliphatic carbocycles. The minimum absolute atomic E-state index is 0.102. The molecule has 1 atom stereocenters. The molecule has 0 aromatic carbocycles. The number of aromatic nitrogens is 2. The standard InChI is InChI=1S/C11H18N6O3/c12-7(3-1-2-4-9(18)17-20)10(19)16-11-14-6-5-8(13)15-11/h5-7,20H,1-4,12H2,(H,17,18)(H3,13,14,15,16,19)/t7-/m0/s1. The first-order valence-electron chi connectivity index (χ1n) is 6.11. The zero-order valence-corrected chi connectivity index (χ0v) is 10.9. The number of anilines is 2. The lowest BCUT2D eigenvalue weighted by Crippen LogP contribution is -2.36. The topological polar surface area (TPSA) is 156 Å². The van der Waals surface area contributed by atoms with Crippen LogP contribution in [0.3, 0.4) is 0 Å². The number of nitrogens with one attached hydrogen (secondary N) is 2. The molecule has 7 N–H and O–H groups in total. The summed E-state index contributed by atoms with van der Waals surface area (Å²) in [5.41, 5.74) is 12.7. The van der Waals surface area contributed by atoms with Gasteiger partial charge in [0, 0.05) is 12.6 Å². The maximum Gasteiger partial charge on any atom is 0.243 e. The van der Waals surface area contributed by atoms with Crippen LogP contribution in [0.15, 0.2) is 12.3 Å². The summed E-state index contributed by atoms with van der Waals surface area (Å²) in [6.07, 6.45) is 3.13. The fourth-order valence-corrected chi connectivity index (χ4v) is 1.47. The lowest BCUT2D eigenvalue weighted by atomic mass is 10.1. The van der Waals surface area contributed by atoms with Crippen LogP contribution in [-0.2, 0) is 9.59 Å². The molecule has 1 heterocycles. The molecule has 0 radical (unpaired) electrons. The van der Waals surface area contributed by atoms with Crippen LogP contribution in [0.1, 0.15) is 25.7 Å². The van der Waals surface area contributed by atoms with Crippen molar-refractivity contribution in [1.29, 1.82) is 0 Å². The van der Waals surface area contributed by atoms with E-state index in [1.54, 1.807) is 0 Å². The van der Waals surface area contributed by atoms with Crippen LogP contribution in [0.25, 0.3) is 0 Å². The Morgan fingerprint density at radius 3 is 2.80 bits per heavy atom. The monoisotopic (exact) mass is 282 g/mol. The van der Waals surface area contributed by atoms with E-state index in [9.17, 15) is 9.59 Å². The first-order chi connectivity index (χ1) is 9.52. The van der Waals surface area contributed by atoms with Gasteiger partial charge in [0.25, 0.3) is 0 Å². The van der Waals surface area contributed by atoms with Gasteiger partial charge >= 0.3 is 0 Å². The molecule has 1 rings (SSSR count). The lowest BCUT2D eigenvalue weighted by molar-refractivity contribution is -0.129. The van der Waals surface area contributed by atoms with Gasteiger partial charge in [-0.25, -0.2) is 10.5 Å². The summed E-state index contributed by atoms with van der Waals surface area (Å²) >= 11 is 0. The Bertz CT molecular complexity index is 467. The van der Waals surface area contributed by atoms with Crippen molar-refractivity contribution in [3.05, 3.63) is 12.3 Å². The normalized spacial score (nSPS) is 11.7. The van der Waals surface area contributed by atoms with Gasteiger partial charge in [-0.2, -0.15) is 4.98 Å². The van der Waals surface area contributed by atoms with Crippen LogP contribution in [-0.4, -0.2) is 33.0 Å². The predicted molar refractivity (Wildman–Crippen MR) is 71.4 cm³/mol. The van der Waals surface area contributed by atoms with Crippen molar-refractivity contribution in [1.82, 2.24) is 15.4 Å². The maximum absolute atomic E-state index is 11.7. The molecule has 1 aromatic heterocycles. The van der Waals surface area contributed by atoms with E-state index in [4.69, 9.17) is 16.7 Å². The van der Waals surface area contributed by atoms with Crippen molar-refractivity contribution in [3.8, 4) is 0 Å². The third-order valence-electron chi connectivity index (χ3n) is 2.54. The van der Waals surface area contributed by atoms with Crippen molar-refractivity contribution in [3.63, 3.8) is 0 Å². The molecular weight excluding hydrogens is 264 g/mol. The van der Waals surface area contributed by atoms with E-state index < -0.39 is 17.9 Å². The molecule has 9 heteroatoms. The Balaban J connectivity index is 2.30. The summed E-state index contributed by atoms with van der Waals surface area (Å²) in [4.78, 5) is 30.2. The van der Waals surface area contributed by atoms with Crippen LogP contribution in [0.2, 0.25) is 0 Å². The molecule has 0 bridgehead atoms. The second-order valence-electron chi connectivity index (χ2n) is 4.18. The third-order valence-corrected chi connectivity index (χ3v) is 2.54. The minimum Gasteiger partial charge on any atom is -0.384 e. The van der Waals surface area contributed by atoms with Crippen LogP contribution < -0.4 is 22.3 Å². The average molecular weight is 282 g/mol. The highest BCUT2D eigenvalue weighted by atomic mass is 16.5. The summed E-state index contributed by atoms with van der Waals surface area (Å²) in [7, 11) is 0. The van der Waals surface area contributed by atoms with E-state index in [1.165, 1.54) is 17.7 Å². The van der Waals surface area contributed by atoms with Gasteiger partial charge in [0.05, 0.1) is 6.04 Å². The molecule has 0 unspecified atom stereocenters. The SMILES string of the molecule is Nc1ccnc(NC(=O)[C@@H](N)CCCCC(=O)NO)n1. The highest BCUT2D eigenvalue weighted by Crippen LogP contribution is 2.06. The number of hydroxylamine groups is 1. The summed E-state index contributed by atoms with van der Waals surface area (Å²) in [5, 5.41) is 10.8. The predicted octanol–water partition coefficient (Wildman–Crippen LogP) is -0.610. The Labute approximate surface area is 115 Å². The fraction of sp³-hybridized carbons (Fsp3) is 0.455. The number of carbonyl (C=O) groups is 2. The van der Waals surface area contributed by atoms with E-state index in [1.807, 2.05) is 0 Å². The Morgan fingerprint density at radius 2 is 2.15 bits per heavy atom. The van der Waals surface area contributed by atoms with Gasteiger partial charge in [0.2, 0.25) is 17.8 Å². The van der Waals surface area contributed by atoms with E-state index in [2.05, 4.69) is 15.3 Å². The van der Waals surface area contributed by atoms with E-state index in [0.29, 0.717) is 19.3 Å². The van der Waals surface area contributed by atoms with Crippen molar-refractivity contribution >= 4 is 23.6 Å². The highest BCUT2D eigenvalue weighted by molar-refractivity contribution is 5.93. The lowest BCUT2D eigenvalue weighted by Gasteiger charge is -2.11. The summed E-state index contributed by atoms with van der Waals surface area (Å²) in [6, 6.07) is 0.777. The van der Waals surface area contributed by atoms with Gasteiger partial charge in [0.1, 0.15) is 5.82 Å². The van der Waals surface area contributed by atoms with Crippen LogP contribution >= 0.6 is 0 Å². The molecule has 0 aliphatic heterocycles. The number of amides is 2. The molecule has 2 amide bonds. The number of carbonyl (C=O) groups excluding carboxylic acids is 2. The minimum atomic E-state index is -0.725. The molecule has 0 fully saturated rings. The molecule has 0 spiro atoms. The molecular formula is C11H18N6O3. The molecule has 9 nitrogen and oxygen atoms in total. The summed E-state index contributed by atoms with van der Waals surface area (Å²) in [6.45, 7) is 0. The Kier molecular flexibility index (Phi) is 6.33. The number of nitrogen functional groups attached to an aromatic ring is 1. The fourth-order valence-electron chi connectivity index (χ4n) is 1.47. The van der Waals surface area contributed by atoms with Gasteiger partial charge in [-0.3, -0.25) is 20.1 Å². The Hall–Kier alpha value is -2.26. The summed E-state index contributed by atoms with van der Waals surface area (Å²) < 4.78 is 0. The largest absolute Gasteiger partial charge is 0.384 e. The molecule has 110 valence electrons. The third kappa shape index (κ3) is 5.59. The van der Waals surface area contributed by atoms with Crippen molar-refractivity contribution in [2.75, 3.05) is 11.1 Å². The van der Waals surface area contributed by atoms with Crippen LogP contribution in [0, 0.1) is 0 Å². The van der Waals surface area contributed by atoms with Crippen molar-refractivity contribution in [2.45, 2.75) is 31.7 Å². The first kappa shape index (κ1) is 15.8. The number of nitrogens with zero attached hydrogens (tertiary/aromatic N) is 2. The van der Waals surface area contributed by atoms with Crippen molar-refractivity contribution in [2.24, 2.45) is 5.73 Å². The molecule has 1 aromatic rings. The van der Waals surface area contributed by atoms with Crippen LogP contribution in [0.4, 0.5) is 11.8 Å². The van der Waals surface area contributed by atoms with Gasteiger partial charge in [-0.15, -0.1) is 0 Å². The maximum atomic E-state index is 11.7.